The highest BCUT2D eigenvalue weighted by Gasteiger charge is 2.72. The Morgan fingerprint density at radius 1 is 1.04 bits per heavy atom. The third kappa shape index (κ3) is 6.11. The maximum Gasteiger partial charge on any atom is 0.313 e. The molecule has 1 aromatic rings. The normalized spacial score (nSPS) is 33.6. The summed E-state index contributed by atoms with van der Waals surface area (Å²) in [6, 6.07) is 7.46. The molecule has 0 bridgehead atoms. The van der Waals surface area contributed by atoms with Crippen molar-refractivity contribution in [3.05, 3.63) is 60.2 Å². The van der Waals surface area contributed by atoms with E-state index >= 15 is 0 Å². The summed E-state index contributed by atoms with van der Waals surface area (Å²) in [5.41, 5.74) is -0.738. The summed E-state index contributed by atoms with van der Waals surface area (Å²) in [6.45, 7) is 5.90. The van der Waals surface area contributed by atoms with Gasteiger partial charge in [0.05, 0.1) is 44.4 Å². The second-order valence-corrected chi connectivity index (χ2v) is 12.6. The van der Waals surface area contributed by atoms with Crippen LogP contribution in [0.2, 0.25) is 0 Å². The van der Waals surface area contributed by atoms with Crippen LogP contribution in [0.25, 0.3) is 0 Å². The number of allylic oxidation sites excluding steroid dienone is 1. The number of esters is 1. The Kier molecular flexibility index (Phi) is 9.88. The number of hydrogen-bond donors (Lipinski definition) is 2. The highest BCUT2D eigenvalue weighted by Crippen LogP contribution is 2.54. The summed E-state index contributed by atoms with van der Waals surface area (Å²) in [4.78, 5) is 61.4. The van der Waals surface area contributed by atoms with Crippen molar-refractivity contribution in [2.75, 3.05) is 59.1 Å². The van der Waals surface area contributed by atoms with Crippen LogP contribution in [0, 0.1) is 11.8 Å². The summed E-state index contributed by atoms with van der Waals surface area (Å²) in [6.07, 6.45) is 6.58. The zero-order chi connectivity index (χ0) is 32.3. The zero-order valence-corrected chi connectivity index (χ0v) is 26.3. The number of aliphatic hydroxyl groups is 1. The summed E-state index contributed by atoms with van der Waals surface area (Å²) in [5.74, 6) is -3.59. The Morgan fingerprint density at radius 2 is 1.83 bits per heavy atom. The number of aliphatic hydroxyl groups excluding tert-OH is 1. The number of fused-ring (bicyclic) bond motifs is 2. The molecule has 0 aliphatic carbocycles. The lowest BCUT2D eigenvalue weighted by atomic mass is 9.78. The Balaban J connectivity index is 1.37. The van der Waals surface area contributed by atoms with Gasteiger partial charge in [0, 0.05) is 39.1 Å². The SMILES string of the molecule is CC[C@@H](CO)N1C(=O)[C@H]2[C@@H]3C(=O)O[C@@H](c4ccccc4)CNC(=O)CC/C=C\[C@@H]3O[C@]23C=CCN(CCN2CCOCC2)C(=O)[C@H]13. The van der Waals surface area contributed by atoms with Crippen LogP contribution in [0.15, 0.2) is 54.6 Å². The number of benzene rings is 1. The molecule has 7 atom stereocenters. The molecule has 5 aliphatic rings. The average Bonchev–Trinajstić information content (AvgIpc) is 3.46. The minimum Gasteiger partial charge on any atom is -0.455 e. The van der Waals surface area contributed by atoms with Gasteiger partial charge in [-0.2, -0.15) is 0 Å². The average molecular weight is 637 g/mol. The van der Waals surface area contributed by atoms with Crippen LogP contribution in [-0.2, 0) is 33.4 Å². The van der Waals surface area contributed by atoms with Gasteiger partial charge < -0.3 is 34.4 Å². The lowest BCUT2D eigenvalue weighted by Crippen LogP contribution is -2.58. The Morgan fingerprint density at radius 3 is 2.57 bits per heavy atom. The molecule has 0 radical (unpaired) electrons. The Bertz CT molecular complexity index is 1340. The summed E-state index contributed by atoms with van der Waals surface area (Å²) >= 11 is 0. The quantitative estimate of drug-likeness (QED) is 0.329. The molecule has 3 saturated heterocycles. The predicted octanol–water partition coefficient (Wildman–Crippen LogP) is 0.819. The van der Waals surface area contributed by atoms with E-state index in [4.69, 9.17) is 14.2 Å². The first-order chi connectivity index (χ1) is 22.4. The van der Waals surface area contributed by atoms with Crippen LogP contribution in [0.4, 0.5) is 0 Å². The van der Waals surface area contributed by atoms with E-state index in [1.165, 1.54) is 4.90 Å². The van der Waals surface area contributed by atoms with E-state index in [1.807, 2.05) is 43.3 Å². The van der Waals surface area contributed by atoms with Crippen molar-refractivity contribution in [1.82, 2.24) is 20.0 Å². The lowest BCUT2D eigenvalue weighted by molar-refractivity contribution is -0.160. The molecule has 1 aromatic carbocycles. The predicted molar refractivity (Wildman–Crippen MR) is 166 cm³/mol. The van der Waals surface area contributed by atoms with Crippen LogP contribution in [0.1, 0.15) is 37.9 Å². The van der Waals surface area contributed by atoms with Crippen molar-refractivity contribution in [2.24, 2.45) is 11.8 Å². The van der Waals surface area contributed by atoms with E-state index in [0.29, 0.717) is 51.3 Å². The lowest BCUT2D eigenvalue weighted by Gasteiger charge is -2.38. The van der Waals surface area contributed by atoms with Crippen molar-refractivity contribution in [1.29, 1.82) is 0 Å². The molecule has 248 valence electrons. The molecular formula is C34H44N4O8. The van der Waals surface area contributed by atoms with Gasteiger partial charge >= 0.3 is 5.97 Å². The van der Waals surface area contributed by atoms with Gasteiger partial charge in [-0.05, 0) is 18.4 Å². The Hall–Kier alpha value is -3.58. The molecule has 12 heteroatoms. The van der Waals surface area contributed by atoms with Crippen molar-refractivity contribution in [2.45, 2.75) is 56.1 Å². The van der Waals surface area contributed by atoms with Crippen LogP contribution < -0.4 is 5.32 Å². The fourth-order valence-electron chi connectivity index (χ4n) is 7.49. The number of rotatable bonds is 7. The highest BCUT2D eigenvalue weighted by molar-refractivity contribution is 5.99. The minimum atomic E-state index is -1.44. The number of carbonyl (C=O) groups excluding carboxylic acids is 4. The van der Waals surface area contributed by atoms with E-state index < -0.39 is 53.6 Å². The summed E-state index contributed by atoms with van der Waals surface area (Å²) in [7, 11) is 0. The molecule has 1 spiro atoms. The molecule has 5 aliphatic heterocycles. The molecule has 0 unspecified atom stereocenters. The minimum absolute atomic E-state index is 0.0773. The van der Waals surface area contributed by atoms with E-state index in [9.17, 15) is 24.3 Å². The van der Waals surface area contributed by atoms with Crippen LogP contribution in [0.5, 0.6) is 0 Å². The first-order valence-electron chi connectivity index (χ1n) is 16.4. The molecule has 2 N–H and O–H groups in total. The topological polar surface area (TPSA) is 138 Å². The van der Waals surface area contributed by atoms with Crippen molar-refractivity contribution >= 4 is 23.7 Å². The number of cyclic esters (lactones) is 1. The molecule has 12 nitrogen and oxygen atoms in total. The Labute approximate surface area is 269 Å². The number of hydrogen-bond acceptors (Lipinski definition) is 9. The van der Waals surface area contributed by atoms with Crippen LogP contribution >= 0.6 is 0 Å². The zero-order valence-electron chi connectivity index (χ0n) is 26.3. The van der Waals surface area contributed by atoms with E-state index in [0.717, 1.165) is 13.1 Å². The van der Waals surface area contributed by atoms with E-state index in [1.54, 1.807) is 23.1 Å². The summed E-state index contributed by atoms with van der Waals surface area (Å²) < 4.78 is 18.3. The van der Waals surface area contributed by atoms with Gasteiger partial charge in [0.25, 0.3) is 0 Å². The molecule has 3 amide bonds. The van der Waals surface area contributed by atoms with E-state index in [-0.39, 0.29) is 31.4 Å². The molecule has 6 rings (SSSR count). The van der Waals surface area contributed by atoms with Gasteiger partial charge in [0.1, 0.15) is 23.7 Å². The van der Waals surface area contributed by atoms with Crippen LogP contribution in [-0.4, -0.2) is 126 Å². The van der Waals surface area contributed by atoms with Crippen LogP contribution in [0.3, 0.4) is 0 Å². The first kappa shape index (κ1) is 32.4. The fraction of sp³-hybridized carbons (Fsp3) is 0.588. The number of morpholine rings is 1. The smallest absolute Gasteiger partial charge is 0.313 e. The highest BCUT2D eigenvalue weighted by atomic mass is 16.6. The largest absolute Gasteiger partial charge is 0.455 e. The standard InChI is InChI=1S/C34H44N4O8/c1-2-24(22-39)38-30-32(42)37(16-15-36-17-19-44-20-18-36)14-8-13-34(30)29(31(38)41)28-25(46-34)11-6-7-12-27(40)35-21-26(45-33(28)43)23-9-4-3-5-10-23/h3-6,8-11,13,24-26,28-30,39H,2,7,12,14-22H2,1H3,(H,35,40)/b11-6-/t24-,25-,26+,28+,29+,30-,34+/m0/s1. The van der Waals surface area contributed by atoms with E-state index in [2.05, 4.69) is 10.2 Å². The second kappa shape index (κ2) is 14.0. The fourth-order valence-corrected chi connectivity index (χ4v) is 7.49. The number of nitrogens with zero attached hydrogens (tertiary/aromatic N) is 3. The maximum atomic E-state index is 14.6. The molecule has 46 heavy (non-hydrogen) atoms. The molecule has 5 heterocycles. The second-order valence-electron chi connectivity index (χ2n) is 12.6. The van der Waals surface area contributed by atoms with Gasteiger partial charge in [-0.25, -0.2) is 0 Å². The number of carbonyl (C=O) groups is 4. The van der Waals surface area contributed by atoms with Crippen molar-refractivity contribution in [3.63, 3.8) is 0 Å². The molecule has 3 fully saturated rings. The maximum absolute atomic E-state index is 14.6. The number of likely N-dealkylation sites (tertiary alicyclic amines) is 1. The van der Waals surface area contributed by atoms with Gasteiger partial charge in [0.15, 0.2) is 0 Å². The first-order valence-corrected chi connectivity index (χ1v) is 16.4. The van der Waals surface area contributed by atoms with Crippen molar-refractivity contribution in [3.8, 4) is 0 Å². The van der Waals surface area contributed by atoms with Gasteiger partial charge in [-0.1, -0.05) is 61.6 Å². The molecule has 0 aromatic heterocycles. The third-order valence-electron chi connectivity index (χ3n) is 9.93. The monoisotopic (exact) mass is 636 g/mol. The number of amides is 3. The molecule has 0 saturated carbocycles. The van der Waals surface area contributed by atoms with Crippen molar-refractivity contribution < 1.29 is 38.5 Å². The number of nitrogens with one attached hydrogen (secondary N) is 1. The van der Waals surface area contributed by atoms with Gasteiger partial charge in [0.2, 0.25) is 17.7 Å². The summed E-state index contributed by atoms with van der Waals surface area (Å²) in [5, 5.41) is 13.3. The number of ether oxygens (including phenoxy) is 3. The third-order valence-corrected chi connectivity index (χ3v) is 9.93. The van der Waals surface area contributed by atoms with Gasteiger partial charge in [-0.3, -0.25) is 24.1 Å². The van der Waals surface area contributed by atoms with Gasteiger partial charge in [-0.15, -0.1) is 0 Å². The molecular weight excluding hydrogens is 592 g/mol.